The average molecular weight is 747 g/mol. The molecule has 0 atom stereocenters. The number of anilines is 6. The van der Waals surface area contributed by atoms with Gasteiger partial charge in [0, 0.05) is 33.5 Å². The minimum atomic E-state index is -4.46. The Balaban J connectivity index is 1.02. The van der Waals surface area contributed by atoms with Crippen LogP contribution in [-0.2, 0) is 6.18 Å². The van der Waals surface area contributed by atoms with Crippen molar-refractivity contribution >= 4 is 55.7 Å². The van der Waals surface area contributed by atoms with Crippen molar-refractivity contribution in [1.82, 2.24) is 0 Å². The molecule has 0 aliphatic heterocycles. The smallest absolute Gasteiger partial charge is 0.310 e. The first-order valence-electron chi connectivity index (χ1n) is 18.9. The molecule has 2 nitrogen and oxygen atoms in total. The quantitative estimate of drug-likeness (QED) is 0.153. The summed E-state index contributed by atoms with van der Waals surface area (Å²) < 4.78 is 41.6. The highest BCUT2D eigenvalue weighted by Crippen LogP contribution is 2.43. The van der Waals surface area contributed by atoms with Gasteiger partial charge in [0.1, 0.15) is 0 Å². The van der Waals surface area contributed by atoms with E-state index in [4.69, 9.17) is 0 Å². The molecule has 0 fully saturated rings. The maximum atomic E-state index is 13.9. The minimum Gasteiger partial charge on any atom is -0.310 e. The number of fused-ring (bicyclic) bond motifs is 2. The van der Waals surface area contributed by atoms with E-state index in [0.29, 0.717) is 5.69 Å². The maximum absolute atomic E-state index is 13.9. The third-order valence-electron chi connectivity index (χ3n) is 10.5. The number of hydrogen-bond acceptors (Lipinski definition) is 2. The zero-order chi connectivity index (χ0) is 38.9. The maximum Gasteiger partial charge on any atom is 0.416 e. The molecule has 9 rings (SSSR count). The first-order chi connectivity index (χ1) is 27.8. The molecule has 5 heteroatoms. The molecule has 0 radical (unpaired) electrons. The lowest BCUT2D eigenvalue weighted by Gasteiger charge is -2.27. The molecule has 0 bridgehead atoms. The van der Waals surface area contributed by atoms with Crippen molar-refractivity contribution in [2.24, 2.45) is 0 Å². The predicted octanol–water partition coefficient (Wildman–Crippen LogP) is 15.6. The van der Waals surface area contributed by atoms with Crippen molar-refractivity contribution in [3.05, 3.63) is 217 Å². The normalized spacial score (nSPS) is 11.5. The predicted molar refractivity (Wildman–Crippen MR) is 231 cm³/mol. The van der Waals surface area contributed by atoms with Gasteiger partial charge >= 0.3 is 6.18 Å². The Morgan fingerprint density at radius 2 is 0.737 bits per heavy atom. The molecule has 0 unspecified atom stereocenters. The molecule has 0 aromatic heterocycles. The second-order valence-corrected chi connectivity index (χ2v) is 14.2. The van der Waals surface area contributed by atoms with Crippen molar-refractivity contribution < 1.29 is 13.2 Å². The van der Waals surface area contributed by atoms with E-state index in [1.807, 2.05) is 71.6 Å². The molecule has 276 valence electrons. The van der Waals surface area contributed by atoms with Gasteiger partial charge in [-0.1, -0.05) is 140 Å². The number of hydrogen-bond donors (Lipinski definition) is 0. The topological polar surface area (TPSA) is 6.48 Å². The lowest BCUT2D eigenvalue weighted by molar-refractivity contribution is -0.137. The summed E-state index contributed by atoms with van der Waals surface area (Å²) in [6.45, 7) is 2.12. The van der Waals surface area contributed by atoms with Crippen LogP contribution in [0.4, 0.5) is 47.3 Å². The Morgan fingerprint density at radius 1 is 0.351 bits per heavy atom. The Bertz CT molecular complexity index is 2830. The van der Waals surface area contributed by atoms with Crippen LogP contribution in [0.3, 0.4) is 0 Å². The van der Waals surface area contributed by atoms with Gasteiger partial charge in [-0.15, -0.1) is 0 Å². The Labute approximate surface area is 330 Å². The Kier molecular flexibility index (Phi) is 9.27. The van der Waals surface area contributed by atoms with Crippen molar-refractivity contribution in [2.75, 3.05) is 9.80 Å². The fourth-order valence-corrected chi connectivity index (χ4v) is 7.71. The van der Waals surface area contributed by atoms with Crippen LogP contribution in [0.25, 0.3) is 43.8 Å². The number of rotatable bonds is 8. The first-order valence-corrected chi connectivity index (χ1v) is 18.9. The van der Waals surface area contributed by atoms with Crippen molar-refractivity contribution in [3.8, 4) is 22.3 Å². The summed E-state index contributed by atoms with van der Waals surface area (Å²) in [6.07, 6.45) is -4.46. The number of halogens is 3. The molecule has 9 aromatic carbocycles. The van der Waals surface area contributed by atoms with E-state index in [9.17, 15) is 13.2 Å². The van der Waals surface area contributed by atoms with E-state index in [1.54, 1.807) is 6.07 Å². The summed E-state index contributed by atoms with van der Waals surface area (Å²) >= 11 is 0. The van der Waals surface area contributed by atoms with Crippen molar-refractivity contribution in [1.29, 1.82) is 0 Å². The highest BCUT2D eigenvalue weighted by molar-refractivity contribution is 6.00. The van der Waals surface area contributed by atoms with E-state index in [-0.39, 0.29) is 0 Å². The molecule has 9 aromatic rings. The molecule has 0 amide bonds. The highest BCUT2D eigenvalue weighted by Gasteiger charge is 2.31. The molecular formula is C52H37F3N2. The lowest BCUT2D eigenvalue weighted by atomic mass is 9.99. The number of nitrogens with zero attached hydrogens (tertiary/aromatic N) is 2. The van der Waals surface area contributed by atoms with Crippen LogP contribution in [0.1, 0.15) is 11.1 Å². The summed E-state index contributed by atoms with van der Waals surface area (Å²) in [6, 6.07) is 68.0. The van der Waals surface area contributed by atoms with Crippen LogP contribution in [0.15, 0.2) is 206 Å². The van der Waals surface area contributed by atoms with Crippen LogP contribution < -0.4 is 9.80 Å². The van der Waals surface area contributed by atoms with Crippen molar-refractivity contribution in [2.45, 2.75) is 13.1 Å². The average Bonchev–Trinajstić information content (AvgIpc) is 3.25. The Morgan fingerprint density at radius 3 is 1.19 bits per heavy atom. The number of benzene rings is 9. The molecular weight excluding hydrogens is 710 g/mol. The molecule has 57 heavy (non-hydrogen) atoms. The van der Waals surface area contributed by atoms with Crippen LogP contribution in [0.5, 0.6) is 0 Å². The van der Waals surface area contributed by atoms with E-state index in [1.165, 1.54) is 28.5 Å². The highest BCUT2D eigenvalue weighted by atomic mass is 19.4. The third-order valence-corrected chi connectivity index (χ3v) is 10.5. The van der Waals surface area contributed by atoms with Gasteiger partial charge in [-0.3, -0.25) is 0 Å². The fourth-order valence-electron chi connectivity index (χ4n) is 7.71. The third kappa shape index (κ3) is 7.12. The molecule has 0 saturated heterocycles. The first kappa shape index (κ1) is 35.6. The van der Waals surface area contributed by atoms with E-state index in [2.05, 4.69) is 127 Å². The number of alkyl halides is 3. The van der Waals surface area contributed by atoms with Gasteiger partial charge in [-0.05, 0) is 112 Å². The van der Waals surface area contributed by atoms with Crippen LogP contribution in [-0.4, -0.2) is 0 Å². The molecule has 0 spiro atoms. The largest absolute Gasteiger partial charge is 0.416 e. The van der Waals surface area contributed by atoms with Gasteiger partial charge in [0.05, 0.1) is 16.9 Å². The molecule has 0 aliphatic rings. The SMILES string of the molecule is Cc1cccc(N(c2ccc(-c3ccc(-c4ccc(N(c5cccc(C(F)(F)F)c5)c5cccc6ccccc56)cc4)cc3)cc2)c2cccc3ccccc23)c1. The van der Waals surface area contributed by atoms with E-state index >= 15 is 0 Å². The zero-order valence-electron chi connectivity index (χ0n) is 31.2. The van der Waals surface area contributed by atoms with Crippen molar-refractivity contribution in [3.63, 3.8) is 0 Å². The van der Waals surface area contributed by atoms with Gasteiger partial charge in [-0.2, -0.15) is 13.2 Å². The summed E-state index contributed by atoms with van der Waals surface area (Å²) in [5.74, 6) is 0. The fraction of sp³-hybridized carbons (Fsp3) is 0.0385. The van der Waals surface area contributed by atoms with Crippen LogP contribution in [0.2, 0.25) is 0 Å². The summed E-state index contributed by atoms with van der Waals surface area (Å²) in [5.41, 5.74) is 10.0. The standard InChI is InChI=1S/C52H37F3N2/c1-36-10-6-16-46(34-36)56(50-20-7-13-41-11-2-4-18-48(41)50)44-30-26-39(27-31-44)37-22-24-38(25-23-37)40-28-32-45(33-29-40)57(47-17-9-15-43(35-47)52(53,54)55)51-21-8-14-42-12-3-5-19-49(42)51/h2-35H,1H3. The molecule has 0 aliphatic carbocycles. The van der Waals surface area contributed by atoms with E-state index < -0.39 is 11.7 Å². The zero-order valence-corrected chi connectivity index (χ0v) is 31.2. The van der Waals surface area contributed by atoms with Gasteiger partial charge < -0.3 is 9.80 Å². The van der Waals surface area contributed by atoms with Crippen LogP contribution >= 0.6 is 0 Å². The summed E-state index contributed by atoms with van der Waals surface area (Å²) in [7, 11) is 0. The number of aryl methyl sites for hydroxylation is 1. The van der Waals surface area contributed by atoms with Gasteiger partial charge in [0.15, 0.2) is 0 Å². The van der Waals surface area contributed by atoms with E-state index in [0.717, 1.165) is 67.5 Å². The molecule has 0 saturated carbocycles. The van der Waals surface area contributed by atoms with Gasteiger partial charge in [-0.25, -0.2) is 0 Å². The second-order valence-electron chi connectivity index (χ2n) is 14.2. The Hall–Kier alpha value is -7.11. The minimum absolute atomic E-state index is 0.434. The molecule has 0 N–H and O–H groups in total. The summed E-state index contributed by atoms with van der Waals surface area (Å²) in [4.78, 5) is 4.22. The summed E-state index contributed by atoms with van der Waals surface area (Å²) in [5, 5.41) is 4.33. The monoisotopic (exact) mass is 746 g/mol. The van der Waals surface area contributed by atoms with Gasteiger partial charge in [0.2, 0.25) is 0 Å². The second kappa shape index (κ2) is 14.9. The lowest BCUT2D eigenvalue weighted by Crippen LogP contribution is -2.12. The molecule has 0 heterocycles. The van der Waals surface area contributed by atoms with Crippen LogP contribution in [0, 0.1) is 6.92 Å². The van der Waals surface area contributed by atoms with Gasteiger partial charge in [0.25, 0.3) is 0 Å².